The average molecular weight is 365 g/mol. The number of carbonyl (C=O) groups excluding carboxylic acids is 2. The van der Waals surface area contributed by atoms with Crippen LogP contribution in [-0.2, 0) is 4.79 Å². The summed E-state index contributed by atoms with van der Waals surface area (Å²) in [6.45, 7) is -0.210. The Morgan fingerprint density at radius 3 is 2.78 bits per heavy atom. The van der Waals surface area contributed by atoms with Gasteiger partial charge in [0.25, 0.3) is 5.91 Å². The van der Waals surface area contributed by atoms with E-state index in [1.807, 2.05) is 0 Å². The fourth-order valence-corrected chi connectivity index (χ4v) is 2.81. The number of benzene rings is 2. The first-order valence-electron chi connectivity index (χ1n) is 8.24. The van der Waals surface area contributed by atoms with Crippen LogP contribution in [0.2, 0.25) is 0 Å². The van der Waals surface area contributed by atoms with Crippen LogP contribution < -0.4 is 20.0 Å². The second kappa shape index (κ2) is 6.60. The Kier molecular flexibility index (Phi) is 4.12. The van der Waals surface area contributed by atoms with Gasteiger partial charge in [0.2, 0.25) is 0 Å². The molecule has 0 spiro atoms. The van der Waals surface area contributed by atoms with E-state index in [2.05, 4.69) is 0 Å². The number of ether oxygens (including phenoxy) is 2. The summed E-state index contributed by atoms with van der Waals surface area (Å²) in [5.74, 6) is 0.540. The molecule has 0 saturated carbocycles. The van der Waals surface area contributed by atoms with Gasteiger partial charge in [-0.25, -0.2) is 4.79 Å². The molecular weight excluding hydrogens is 350 g/mol. The van der Waals surface area contributed by atoms with Gasteiger partial charge in [-0.2, -0.15) is 0 Å². The minimum Gasteiger partial charge on any atom is -0.485 e. The smallest absolute Gasteiger partial charge is 0.336 e. The molecule has 4 rings (SSSR count). The van der Waals surface area contributed by atoms with Crippen molar-refractivity contribution in [3.05, 3.63) is 64.5 Å². The Morgan fingerprint density at radius 2 is 1.93 bits per heavy atom. The van der Waals surface area contributed by atoms with Crippen LogP contribution in [0.4, 0.5) is 5.69 Å². The van der Waals surface area contributed by atoms with Gasteiger partial charge in [-0.15, -0.1) is 0 Å². The molecule has 0 aliphatic carbocycles. The molecule has 7 heteroatoms. The summed E-state index contributed by atoms with van der Waals surface area (Å²) in [5.41, 5.74) is 0.889. The lowest BCUT2D eigenvalue weighted by Crippen LogP contribution is -2.35. The quantitative estimate of drug-likeness (QED) is 0.521. The maximum Gasteiger partial charge on any atom is 0.336 e. The van der Waals surface area contributed by atoms with E-state index in [1.54, 1.807) is 49.5 Å². The second-order valence-electron chi connectivity index (χ2n) is 6.09. The Balaban J connectivity index is 1.51. The number of hydrogen-bond acceptors (Lipinski definition) is 6. The number of rotatable bonds is 4. The highest BCUT2D eigenvalue weighted by Crippen LogP contribution is 2.32. The van der Waals surface area contributed by atoms with Crippen molar-refractivity contribution < 1.29 is 23.5 Å². The van der Waals surface area contributed by atoms with E-state index >= 15 is 0 Å². The number of amides is 1. The van der Waals surface area contributed by atoms with E-state index in [4.69, 9.17) is 13.9 Å². The maximum atomic E-state index is 12.5. The number of hydrogen-bond donors (Lipinski definition) is 0. The number of ketones is 1. The SMILES string of the molecule is CN1C(=O)COc2ccc(C(=O)COc3ccc4ccc(=O)oc4c3)cc21. The number of nitrogens with zero attached hydrogens (tertiary/aromatic N) is 1. The van der Waals surface area contributed by atoms with Gasteiger partial charge in [0, 0.05) is 30.1 Å². The van der Waals surface area contributed by atoms with Crippen molar-refractivity contribution in [3.8, 4) is 11.5 Å². The third-order valence-corrected chi connectivity index (χ3v) is 4.33. The summed E-state index contributed by atoms with van der Waals surface area (Å²) in [6, 6.07) is 12.9. The van der Waals surface area contributed by atoms with Crippen molar-refractivity contribution in [3.63, 3.8) is 0 Å². The van der Waals surface area contributed by atoms with Crippen LogP contribution in [-0.4, -0.2) is 32.0 Å². The van der Waals surface area contributed by atoms with E-state index in [1.165, 1.54) is 11.0 Å². The largest absolute Gasteiger partial charge is 0.485 e. The fourth-order valence-electron chi connectivity index (χ4n) is 2.81. The first-order chi connectivity index (χ1) is 13.0. The van der Waals surface area contributed by atoms with Crippen LogP contribution in [0.15, 0.2) is 57.7 Å². The predicted molar refractivity (Wildman–Crippen MR) is 97.7 cm³/mol. The van der Waals surface area contributed by atoms with Crippen LogP contribution >= 0.6 is 0 Å². The number of fused-ring (bicyclic) bond motifs is 2. The van der Waals surface area contributed by atoms with Crippen molar-refractivity contribution in [1.82, 2.24) is 0 Å². The Hall–Kier alpha value is -3.61. The molecule has 136 valence electrons. The van der Waals surface area contributed by atoms with Crippen molar-refractivity contribution in [2.24, 2.45) is 0 Å². The topological polar surface area (TPSA) is 86.0 Å². The lowest BCUT2D eigenvalue weighted by molar-refractivity contribution is -0.120. The molecule has 1 amide bonds. The fraction of sp³-hybridized carbons (Fsp3) is 0.150. The lowest BCUT2D eigenvalue weighted by Gasteiger charge is -2.26. The van der Waals surface area contributed by atoms with Crippen molar-refractivity contribution in [2.45, 2.75) is 0 Å². The summed E-state index contributed by atoms with van der Waals surface area (Å²) < 4.78 is 16.0. The van der Waals surface area contributed by atoms with Crippen LogP contribution in [0.1, 0.15) is 10.4 Å². The second-order valence-corrected chi connectivity index (χ2v) is 6.09. The molecule has 27 heavy (non-hydrogen) atoms. The average Bonchev–Trinajstić information content (AvgIpc) is 2.68. The zero-order chi connectivity index (χ0) is 19.0. The third kappa shape index (κ3) is 3.27. The number of carbonyl (C=O) groups is 2. The first-order valence-corrected chi connectivity index (χ1v) is 8.24. The van der Waals surface area contributed by atoms with Crippen molar-refractivity contribution in [1.29, 1.82) is 0 Å². The molecule has 0 radical (unpaired) electrons. The van der Waals surface area contributed by atoms with Crippen molar-refractivity contribution >= 4 is 28.3 Å². The number of Topliss-reactive ketones (excluding diaryl/α,β-unsaturated/α-hetero) is 1. The number of anilines is 1. The summed E-state index contributed by atoms with van der Waals surface area (Å²) in [5, 5.41) is 0.760. The van der Waals surface area contributed by atoms with Gasteiger partial charge < -0.3 is 18.8 Å². The van der Waals surface area contributed by atoms with E-state index < -0.39 is 5.63 Å². The van der Waals surface area contributed by atoms with Gasteiger partial charge in [0.05, 0.1) is 5.69 Å². The molecule has 0 atom stereocenters. The maximum absolute atomic E-state index is 12.5. The van der Waals surface area contributed by atoms with Gasteiger partial charge in [-0.3, -0.25) is 9.59 Å². The van der Waals surface area contributed by atoms with Crippen molar-refractivity contribution in [2.75, 3.05) is 25.2 Å². The third-order valence-electron chi connectivity index (χ3n) is 4.33. The van der Waals surface area contributed by atoms with Crippen LogP contribution in [0, 0.1) is 0 Å². The molecule has 2 aromatic carbocycles. The van der Waals surface area contributed by atoms with Gasteiger partial charge in [-0.05, 0) is 36.4 Å². The van der Waals surface area contributed by atoms with E-state index in [0.29, 0.717) is 28.3 Å². The molecular formula is C20H15NO6. The lowest BCUT2D eigenvalue weighted by atomic mass is 10.1. The van der Waals surface area contributed by atoms with Gasteiger partial charge in [-0.1, -0.05) is 0 Å². The molecule has 0 fully saturated rings. The first kappa shape index (κ1) is 16.8. The molecule has 0 saturated heterocycles. The molecule has 1 aliphatic rings. The highest BCUT2D eigenvalue weighted by atomic mass is 16.5. The Bertz CT molecular complexity index is 1120. The summed E-state index contributed by atoms with van der Waals surface area (Å²) >= 11 is 0. The van der Waals surface area contributed by atoms with Crippen LogP contribution in [0.25, 0.3) is 11.0 Å². The van der Waals surface area contributed by atoms with E-state index in [9.17, 15) is 14.4 Å². The monoisotopic (exact) mass is 365 g/mol. The molecule has 0 bridgehead atoms. The molecule has 0 N–H and O–H groups in total. The van der Waals surface area contributed by atoms with Gasteiger partial charge in [0.15, 0.2) is 19.0 Å². The highest BCUT2D eigenvalue weighted by molar-refractivity contribution is 6.02. The predicted octanol–water partition coefficient (Wildman–Crippen LogP) is 2.41. The summed E-state index contributed by atoms with van der Waals surface area (Å²) in [6.07, 6.45) is 0. The van der Waals surface area contributed by atoms with E-state index in [0.717, 1.165) is 5.39 Å². The normalized spacial score (nSPS) is 13.2. The van der Waals surface area contributed by atoms with Gasteiger partial charge >= 0.3 is 5.63 Å². The Morgan fingerprint density at radius 1 is 1.11 bits per heavy atom. The number of likely N-dealkylation sites (N-methyl/N-ethyl adjacent to an activating group) is 1. The molecule has 7 nitrogen and oxygen atoms in total. The highest BCUT2D eigenvalue weighted by Gasteiger charge is 2.23. The van der Waals surface area contributed by atoms with E-state index in [-0.39, 0.29) is 24.9 Å². The molecule has 3 aromatic rings. The minimum absolute atomic E-state index is 0.0159. The van der Waals surface area contributed by atoms with Crippen LogP contribution in [0.3, 0.4) is 0 Å². The summed E-state index contributed by atoms with van der Waals surface area (Å²) in [4.78, 5) is 37.0. The molecule has 0 unspecified atom stereocenters. The standard InChI is InChI=1S/C20H15NO6/c1-21-15-8-13(3-6-17(15)26-11-19(21)23)16(22)10-25-14-5-2-12-4-7-20(24)27-18(12)9-14/h2-9H,10-11H2,1H3. The molecule has 2 heterocycles. The zero-order valence-electron chi connectivity index (χ0n) is 14.4. The summed E-state index contributed by atoms with van der Waals surface area (Å²) in [7, 11) is 1.64. The van der Waals surface area contributed by atoms with Crippen LogP contribution in [0.5, 0.6) is 11.5 Å². The van der Waals surface area contributed by atoms with Gasteiger partial charge in [0.1, 0.15) is 17.1 Å². The zero-order valence-corrected chi connectivity index (χ0v) is 14.4. The minimum atomic E-state index is -0.453. The Labute approximate surface area is 153 Å². The molecule has 1 aliphatic heterocycles. The molecule has 1 aromatic heterocycles.